The lowest BCUT2D eigenvalue weighted by molar-refractivity contribution is -0.142. The van der Waals surface area contributed by atoms with Gasteiger partial charge in [-0.05, 0) is 20.3 Å². The first-order chi connectivity index (χ1) is 10.6. The van der Waals surface area contributed by atoms with E-state index in [0.717, 1.165) is 0 Å². The van der Waals surface area contributed by atoms with Gasteiger partial charge >= 0.3 is 7.82 Å². The van der Waals surface area contributed by atoms with Crippen molar-refractivity contribution in [1.29, 1.82) is 0 Å². The zero-order valence-corrected chi connectivity index (χ0v) is 14.5. The molecule has 0 rings (SSSR count). The van der Waals surface area contributed by atoms with Crippen molar-refractivity contribution in [2.45, 2.75) is 39.4 Å². The smallest absolute Gasteiger partial charge is 0.388 e. The Bertz CT molecular complexity index is 430. The van der Waals surface area contributed by atoms with Crippen LogP contribution in [0, 0.1) is 5.92 Å². The minimum absolute atomic E-state index is 0.0450. The molecule has 0 aromatic heterocycles. The molecule has 0 saturated carbocycles. The number of nitrogens with two attached hydrogens (primary N) is 1. The molecular weight excluding hydrogens is 329 g/mol. The predicted molar refractivity (Wildman–Crippen MR) is 81.7 cm³/mol. The molecule has 0 amide bonds. The lowest BCUT2D eigenvalue weighted by Gasteiger charge is -2.23. The number of ether oxygens (including phenoxy) is 1. The monoisotopic (exact) mass is 355 g/mol. The number of phosphoric ester groups is 1. The second-order valence-corrected chi connectivity index (χ2v) is 6.48. The summed E-state index contributed by atoms with van der Waals surface area (Å²) in [4.78, 5) is 32.4. The molecule has 0 aliphatic rings. The van der Waals surface area contributed by atoms with Gasteiger partial charge in [0.2, 0.25) is 0 Å². The Hall–Kier alpha value is -0.670. The first-order valence-corrected chi connectivity index (χ1v) is 8.76. The summed E-state index contributed by atoms with van der Waals surface area (Å²) in [7, 11) is -4.29. The minimum Gasteiger partial charge on any atom is -0.388 e. The predicted octanol–water partition coefficient (Wildman–Crippen LogP) is 0.0290. The largest absolute Gasteiger partial charge is 0.472 e. The molecule has 9 nitrogen and oxygen atoms in total. The quantitative estimate of drug-likeness (QED) is 0.389. The Balaban J connectivity index is 4.43. The summed E-state index contributed by atoms with van der Waals surface area (Å²) in [5.41, 5.74) is 5.13. The molecule has 23 heavy (non-hydrogen) atoms. The van der Waals surface area contributed by atoms with Crippen molar-refractivity contribution in [1.82, 2.24) is 0 Å². The van der Waals surface area contributed by atoms with Gasteiger partial charge < -0.3 is 20.5 Å². The van der Waals surface area contributed by atoms with E-state index in [0.29, 0.717) is 6.42 Å². The third-order valence-corrected chi connectivity index (χ3v) is 3.98. The molecule has 0 spiro atoms. The number of aliphatic hydroxyl groups excluding tert-OH is 1. The van der Waals surface area contributed by atoms with Crippen molar-refractivity contribution in [3.05, 3.63) is 0 Å². The normalized spacial score (nSPS) is 18.0. The van der Waals surface area contributed by atoms with Gasteiger partial charge in [-0.3, -0.25) is 18.6 Å². The highest BCUT2D eigenvalue weighted by molar-refractivity contribution is 7.47. The van der Waals surface area contributed by atoms with Crippen LogP contribution in [-0.4, -0.2) is 60.1 Å². The number of carbonyl (C=O) groups excluding carboxylic acids is 2. The Labute approximate surface area is 135 Å². The van der Waals surface area contributed by atoms with E-state index in [1.165, 1.54) is 13.8 Å². The van der Waals surface area contributed by atoms with Crippen LogP contribution in [0.1, 0.15) is 27.2 Å². The Kier molecular flexibility index (Phi) is 10.7. The van der Waals surface area contributed by atoms with Gasteiger partial charge in [-0.1, -0.05) is 6.92 Å². The highest BCUT2D eigenvalue weighted by Gasteiger charge is 2.30. The van der Waals surface area contributed by atoms with Crippen molar-refractivity contribution in [2.24, 2.45) is 11.7 Å². The van der Waals surface area contributed by atoms with Gasteiger partial charge in [-0.2, -0.15) is 0 Å². The summed E-state index contributed by atoms with van der Waals surface area (Å²) in [6.07, 6.45) is -1.81. The fourth-order valence-electron chi connectivity index (χ4n) is 1.88. The van der Waals surface area contributed by atoms with Crippen molar-refractivity contribution in [2.75, 3.05) is 26.4 Å². The Morgan fingerprint density at radius 2 is 1.78 bits per heavy atom. The number of hydrogen-bond acceptors (Lipinski definition) is 8. The maximum Gasteiger partial charge on any atom is 0.472 e. The molecule has 0 aromatic rings. The second kappa shape index (κ2) is 11.0. The third kappa shape index (κ3) is 9.26. The molecule has 0 saturated heterocycles. The number of phosphoric acid groups is 1. The number of ketones is 2. The molecular formula is C13H26NO8P. The molecule has 0 aliphatic carbocycles. The molecule has 4 unspecified atom stereocenters. The maximum atomic E-state index is 11.6. The molecule has 10 heteroatoms. The maximum absolute atomic E-state index is 11.6. The zero-order chi connectivity index (χ0) is 18.0. The van der Waals surface area contributed by atoms with Crippen LogP contribution in [0.25, 0.3) is 0 Å². The molecule has 136 valence electrons. The summed E-state index contributed by atoms with van der Waals surface area (Å²) < 4.78 is 25.7. The van der Waals surface area contributed by atoms with Crippen LogP contribution in [0.4, 0.5) is 0 Å². The van der Waals surface area contributed by atoms with Crippen LogP contribution in [0.5, 0.6) is 0 Å². The summed E-state index contributed by atoms with van der Waals surface area (Å²) in [5.74, 6) is -1.12. The lowest BCUT2D eigenvalue weighted by atomic mass is 9.93. The molecule has 0 aromatic carbocycles. The number of carbonyl (C=O) groups is 2. The van der Waals surface area contributed by atoms with Crippen LogP contribution < -0.4 is 5.73 Å². The third-order valence-electron chi connectivity index (χ3n) is 3.00. The van der Waals surface area contributed by atoms with E-state index in [1.807, 2.05) is 0 Å². The number of Topliss-reactive ketones (excluding diaryl/α,β-unsaturated/α-hetero) is 2. The Morgan fingerprint density at radius 1 is 1.17 bits per heavy atom. The SMILES string of the molecule is CCC(C(C)=O)C(OCC(O)COP(=O)(O)OCCN)C(C)=O. The van der Waals surface area contributed by atoms with Crippen LogP contribution in [0.2, 0.25) is 0 Å². The second-order valence-electron chi connectivity index (χ2n) is 5.03. The van der Waals surface area contributed by atoms with E-state index in [2.05, 4.69) is 9.05 Å². The zero-order valence-electron chi connectivity index (χ0n) is 13.6. The molecule has 0 aliphatic heterocycles. The van der Waals surface area contributed by atoms with E-state index in [-0.39, 0.29) is 31.3 Å². The molecule has 0 fully saturated rings. The highest BCUT2D eigenvalue weighted by atomic mass is 31.2. The number of rotatable bonds is 13. The van der Waals surface area contributed by atoms with Gasteiger partial charge in [-0.15, -0.1) is 0 Å². The van der Waals surface area contributed by atoms with Gasteiger partial charge in [0.25, 0.3) is 0 Å². The van der Waals surface area contributed by atoms with Crippen molar-refractivity contribution < 1.29 is 37.9 Å². The summed E-state index contributed by atoms with van der Waals surface area (Å²) in [5, 5.41) is 9.70. The standard InChI is InChI=1S/C13H26NO8P/c1-4-12(9(2)15)13(10(3)16)20-7-11(17)8-22-23(18,19)21-6-5-14/h11-13,17H,4-8,14H2,1-3H3,(H,18,19). The first kappa shape index (κ1) is 22.3. The lowest BCUT2D eigenvalue weighted by Crippen LogP contribution is -2.37. The highest BCUT2D eigenvalue weighted by Crippen LogP contribution is 2.42. The van der Waals surface area contributed by atoms with E-state index in [9.17, 15) is 24.2 Å². The first-order valence-electron chi connectivity index (χ1n) is 7.27. The van der Waals surface area contributed by atoms with E-state index in [4.69, 9.17) is 10.5 Å². The molecule has 0 heterocycles. The summed E-state index contributed by atoms with van der Waals surface area (Å²) in [6, 6.07) is 0. The average molecular weight is 355 g/mol. The van der Waals surface area contributed by atoms with Crippen molar-refractivity contribution >= 4 is 19.4 Å². The van der Waals surface area contributed by atoms with Gasteiger partial charge in [0.1, 0.15) is 18.0 Å². The van der Waals surface area contributed by atoms with Gasteiger partial charge in [0.15, 0.2) is 5.78 Å². The topological polar surface area (TPSA) is 145 Å². The van der Waals surface area contributed by atoms with Crippen LogP contribution in [0.15, 0.2) is 0 Å². The Morgan fingerprint density at radius 3 is 2.22 bits per heavy atom. The van der Waals surface area contributed by atoms with Crippen LogP contribution in [-0.2, 0) is 27.9 Å². The number of aliphatic hydroxyl groups is 1. The van der Waals surface area contributed by atoms with Crippen molar-refractivity contribution in [3.8, 4) is 0 Å². The van der Waals surface area contributed by atoms with E-state index >= 15 is 0 Å². The van der Waals surface area contributed by atoms with Crippen molar-refractivity contribution in [3.63, 3.8) is 0 Å². The minimum atomic E-state index is -4.29. The molecule has 4 atom stereocenters. The van der Waals surface area contributed by atoms with Gasteiger partial charge in [-0.25, -0.2) is 4.57 Å². The number of hydrogen-bond donors (Lipinski definition) is 3. The summed E-state index contributed by atoms with van der Waals surface area (Å²) in [6.45, 7) is 3.44. The van der Waals surface area contributed by atoms with E-state index < -0.39 is 32.6 Å². The van der Waals surface area contributed by atoms with Crippen LogP contribution >= 0.6 is 7.82 Å². The molecule has 4 N–H and O–H groups in total. The average Bonchev–Trinajstić information content (AvgIpc) is 2.46. The van der Waals surface area contributed by atoms with Crippen LogP contribution in [0.3, 0.4) is 0 Å². The molecule has 0 bridgehead atoms. The van der Waals surface area contributed by atoms with Gasteiger partial charge in [0, 0.05) is 6.54 Å². The van der Waals surface area contributed by atoms with E-state index in [1.54, 1.807) is 6.92 Å². The van der Waals surface area contributed by atoms with Gasteiger partial charge in [0.05, 0.1) is 25.7 Å². The summed E-state index contributed by atoms with van der Waals surface area (Å²) >= 11 is 0. The fourth-order valence-corrected chi connectivity index (χ4v) is 2.65. The molecule has 0 radical (unpaired) electrons. The fraction of sp³-hybridized carbons (Fsp3) is 0.846.